The molecular weight excluding hydrogens is 224 g/mol. The maximum Gasteiger partial charge on any atom is 0.129 e. The Balaban J connectivity index is 2.19. The number of nitrogen functional groups attached to an aromatic ring is 1. The maximum atomic E-state index is 7.72. The van der Waals surface area contributed by atoms with Crippen LogP contribution in [0.5, 0.6) is 0 Å². The Morgan fingerprint density at radius 2 is 1.94 bits per heavy atom. The molecule has 0 amide bonds. The smallest absolute Gasteiger partial charge is 0.129 e. The highest BCUT2D eigenvalue weighted by Gasteiger charge is 2.16. The van der Waals surface area contributed by atoms with Crippen LogP contribution in [0.25, 0.3) is 10.9 Å². The molecule has 1 aliphatic rings. The Morgan fingerprint density at radius 1 is 1.22 bits per heavy atom. The van der Waals surface area contributed by atoms with E-state index in [9.17, 15) is 0 Å². The molecule has 1 fully saturated rings. The van der Waals surface area contributed by atoms with Crippen molar-refractivity contribution in [2.24, 2.45) is 5.73 Å². The van der Waals surface area contributed by atoms with E-state index >= 15 is 0 Å². The fourth-order valence-electron chi connectivity index (χ4n) is 2.49. The number of fused-ring (bicyclic) bond motifs is 1. The van der Waals surface area contributed by atoms with E-state index in [1.807, 2.05) is 30.3 Å². The largest absolute Gasteiger partial charge is 0.384 e. The van der Waals surface area contributed by atoms with Crippen LogP contribution >= 0.6 is 0 Å². The highest BCUT2D eigenvalue weighted by molar-refractivity contribution is 6.07. The first-order valence-corrected chi connectivity index (χ1v) is 6.25. The van der Waals surface area contributed by atoms with Gasteiger partial charge in [0.1, 0.15) is 11.7 Å². The van der Waals surface area contributed by atoms with E-state index in [1.54, 1.807) is 0 Å². The van der Waals surface area contributed by atoms with Gasteiger partial charge < -0.3 is 10.6 Å². The molecule has 2 aromatic rings. The van der Waals surface area contributed by atoms with Crippen LogP contribution in [0.2, 0.25) is 0 Å². The van der Waals surface area contributed by atoms with Crippen molar-refractivity contribution >= 4 is 22.6 Å². The molecule has 0 bridgehead atoms. The molecule has 1 saturated heterocycles. The zero-order valence-electron chi connectivity index (χ0n) is 10.2. The van der Waals surface area contributed by atoms with Crippen molar-refractivity contribution in [1.82, 2.24) is 4.98 Å². The number of nitrogens with one attached hydrogen (secondary N) is 1. The van der Waals surface area contributed by atoms with Gasteiger partial charge in [0.05, 0.1) is 5.52 Å². The van der Waals surface area contributed by atoms with Gasteiger partial charge in [0, 0.05) is 24.0 Å². The minimum atomic E-state index is 0.106. The number of nitrogens with two attached hydrogens (primary N) is 1. The van der Waals surface area contributed by atoms with Gasteiger partial charge in [-0.25, -0.2) is 4.98 Å². The number of anilines is 1. The molecule has 0 atom stereocenters. The number of pyridine rings is 1. The lowest BCUT2D eigenvalue weighted by atomic mass is 10.1. The summed E-state index contributed by atoms with van der Waals surface area (Å²) in [6.07, 6.45) is 2.42. The lowest BCUT2D eigenvalue weighted by molar-refractivity contribution is 0.943. The van der Waals surface area contributed by atoms with Crippen LogP contribution in [0.1, 0.15) is 18.4 Å². The van der Waals surface area contributed by atoms with Gasteiger partial charge in [0.15, 0.2) is 0 Å². The van der Waals surface area contributed by atoms with Crippen molar-refractivity contribution in [3.8, 4) is 0 Å². The van der Waals surface area contributed by atoms with Gasteiger partial charge in [-0.15, -0.1) is 0 Å². The zero-order valence-corrected chi connectivity index (χ0v) is 10.2. The van der Waals surface area contributed by atoms with Crippen LogP contribution in [-0.4, -0.2) is 23.9 Å². The van der Waals surface area contributed by atoms with Gasteiger partial charge in [0.25, 0.3) is 0 Å². The molecular formula is C14H16N4. The lowest BCUT2D eigenvalue weighted by Gasteiger charge is -2.18. The molecule has 1 aromatic heterocycles. The van der Waals surface area contributed by atoms with Gasteiger partial charge in [-0.3, -0.25) is 5.41 Å². The molecule has 0 aliphatic carbocycles. The van der Waals surface area contributed by atoms with E-state index < -0.39 is 0 Å². The standard InChI is InChI=1S/C14H16N4/c15-14(16)11-9-13(18-7-3-4-8-18)17-12-6-2-1-5-10(11)12/h1-2,5-6,9H,3-4,7-8H2,(H3,15,16). The Labute approximate surface area is 106 Å². The van der Waals surface area contributed by atoms with Crippen LogP contribution in [0.4, 0.5) is 5.82 Å². The number of benzene rings is 1. The predicted octanol–water partition coefficient (Wildman–Crippen LogP) is 2.12. The predicted molar refractivity (Wildman–Crippen MR) is 74.2 cm³/mol. The topological polar surface area (TPSA) is 66.0 Å². The van der Waals surface area contributed by atoms with E-state index in [2.05, 4.69) is 9.88 Å². The summed E-state index contributed by atoms with van der Waals surface area (Å²) in [5.74, 6) is 1.05. The molecule has 0 saturated carbocycles. The summed E-state index contributed by atoms with van der Waals surface area (Å²) in [6, 6.07) is 9.79. The van der Waals surface area contributed by atoms with E-state index in [4.69, 9.17) is 11.1 Å². The van der Waals surface area contributed by atoms with Crippen molar-refractivity contribution in [2.45, 2.75) is 12.8 Å². The summed E-state index contributed by atoms with van der Waals surface area (Å²) in [5.41, 5.74) is 7.37. The number of hydrogen-bond acceptors (Lipinski definition) is 3. The summed E-state index contributed by atoms with van der Waals surface area (Å²) >= 11 is 0. The third-order valence-corrected chi connectivity index (χ3v) is 3.42. The number of nitrogens with zero attached hydrogens (tertiary/aromatic N) is 2. The van der Waals surface area contributed by atoms with Crippen LogP contribution in [0, 0.1) is 5.41 Å². The van der Waals surface area contributed by atoms with Crippen LogP contribution in [0.3, 0.4) is 0 Å². The summed E-state index contributed by atoms with van der Waals surface area (Å²) in [5, 5.41) is 8.67. The quantitative estimate of drug-likeness (QED) is 0.624. The molecule has 3 rings (SSSR count). The first-order valence-electron chi connectivity index (χ1n) is 6.25. The minimum absolute atomic E-state index is 0.106. The Morgan fingerprint density at radius 3 is 2.67 bits per heavy atom. The average molecular weight is 240 g/mol. The molecule has 3 N–H and O–H groups in total. The molecule has 0 spiro atoms. The Bertz CT molecular complexity index is 600. The highest BCUT2D eigenvalue weighted by Crippen LogP contribution is 2.24. The number of hydrogen-bond donors (Lipinski definition) is 2. The van der Waals surface area contributed by atoms with Crippen LogP contribution < -0.4 is 10.6 Å². The molecule has 2 heterocycles. The summed E-state index contributed by atoms with van der Waals surface area (Å²) in [7, 11) is 0. The number of aromatic nitrogens is 1. The third kappa shape index (κ3) is 1.79. The maximum absolute atomic E-state index is 7.72. The fraction of sp³-hybridized carbons (Fsp3) is 0.286. The SMILES string of the molecule is N=C(N)c1cc(N2CCCC2)nc2ccccc12. The van der Waals surface area contributed by atoms with E-state index in [0.29, 0.717) is 0 Å². The van der Waals surface area contributed by atoms with Gasteiger partial charge in [-0.2, -0.15) is 0 Å². The molecule has 1 aliphatic heterocycles. The van der Waals surface area contributed by atoms with Crippen LogP contribution in [0.15, 0.2) is 30.3 Å². The third-order valence-electron chi connectivity index (χ3n) is 3.42. The summed E-state index contributed by atoms with van der Waals surface area (Å²) < 4.78 is 0. The molecule has 0 unspecified atom stereocenters. The number of amidine groups is 1. The average Bonchev–Trinajstić information content (AvgIpc) is 2.91. The van der Waals surface area contributed by atoms with Crippen molar-refractivity contribution in [3.05, 3.63) is 35.9 Å². The van der Waals surface area contributed by atoms with Gasteiger partial charge in [-0.1, -0.05) is 18.2 Å². The number of rotatable bonds is 2. The molecule has 4 heteroatoms. The van der Waals surface area contributed by atoms with Gasteiger partial charge in [-0.05, 0) is 25.0 Å². The second-order valence-electron chi connectivity index (χ2n) is 4.65. The highest BCUT2D eigenvalue weighted by atomic mass is 15.2. The van der Waals surface area contributed by atoms with Crippen LogP contribution in [-0.2, 0) is 0 Å². The lowest BCUT2D eigenvalue weighted by Crippen LogP contribution is -2.20. The minimum Gasteiger partial charge on any atom is -0.384 e. The molecule has 18 heavy (non-hydrogen) atoms. The molecule has 92 valence electrons. The second-order valence-corrected chi connectivity index (χ2v) is 4.65. The molecule has 1 aromatic carbocycles. The molecule has 4 nitrogen and oxygen atoms in total. The fourth-order valence-corrected chi connectivity index (χ4v) is 2.49. The zero-order chi connectivity index (χ0) is 12.5. The molecule has 0 radical (unpaired) electrons. The Hall–Kier alpha value is -2.10. The van der Waals surface area contributed by atoms with Gasteiger partial charge in [0.2, 0.25) is 0 Å². The van der Waals surface area contributed by atoms with Crippen molar-refractivity contribution in [3.63, 3.8) is 0 Å². The normalized spacial score (nSPS) is 15.2. The monoisotopic (exact) mass is 240 g/mol. The Kier molecular flexibility index (Phi) is 2.63. The van der Waals surface area contributed by atoms with E-state index in [0.717, 1.165) is 35.4 Å². The first-order chi connectivity index (χ1) is 8.75. The second kappa shape index (κ2) is 4.29. The number of para-hydroxylation sites is 1. The summed E-state index contributed by atoms with van der Waals surface area (Å²) in [4.78, 5) is 6.94. The van der Waals surface area contributed by atoms with Crippen molar-refractivity contribution in [2.75, 3.05) is 18.0 Å². The first kappa shape index (κ1) is 11.0. The van der Waals surface area contributed by atoms with E-state index in [-0.39, 0.29) is 5.84 Å². The van der Waals surface area contributed by atoms with Gasteiger partial charge >= 0.3 is 0 Å². The van der Waals surface area contributed by atoms with Crippen molar-refractivity contribution in [1.29, 1.82) is 5.41 Å². The summed E-state index contributed by atoms with van der Waals surface area (Å²) in [6.45, 7) is 2.09. The van der Waals surface area contributed by atoms with Crippen molar-refractivity contribution < 1.29 is 0 Å². The van der Waals surface area contributed by atoms with E-state index in [1.165, 1.54) is 12.8 Å².